The minimum atomic E-state index is -0.00421. The lowest BCUT2D eigenvalue weighted by atomic mass is 10.2. The van der Waals surface area contributed by atoms with Crippen LogP contribution in [0, 0.1) is 6.92 Å². The van der Waals surface area contributed by atoms with Crippen molar-refractivity contribution in [3.05, 3.63) is 21.9 Å². The van der Waals surface area contributed by atoms with Crippen LogP contribution in [0.3, 0.4) is 0 Å². The second kappa shape index (κ2) is 7.01. The van der Waals surface area contributed by atoms with Gasteiger partial charge >= 0.3 is 0 Å². The topological polar surface area (TPSA) is 44.5 Å². The summed E-state index contributed by atoms with van der Waals surface area (Å²) in [6, 6.07) is 2.10. The molecule has 0 fully saturated rings. The number of thiophene rings is 1. The lowest BCUT2D eigenvalue weighted by molar-refractivity contribution is -0.0430. The second-order valence-corrected chi connectivity index (χ2v) is 4.75. The summed E-state index contributed by atoms with van der Waals surface area (Å²) >= 11 is 1.70. The highest BCUT2D eigenvalue weighted by molar-refractivity contribution is 7.10. The molecule has 0 spiro atoms. The molecule has 0 amide bonds. The molecule has 2 atom stereocenters. The van der Waals surface area contributed by atoms with Gasteiger partial charge in [0.15, 0.2) is 0 Å². The van der Waals surface area contributed by atoms with Crippen LogP contribution >= 0.6 is 11.3 Å². The molecular weight excluding hydrogens is 222 g/mol. The lowest BCUT2D eigenvalue weighted by Gasteiger charge is -2.21. The van der Waals surface area contributed by atoms with Crippen LogP contribution in [0.5, 0.6) is 0 Å². The first kappa shape index (κ1) is 13.6. The molecule has 0 aliphatic rings. The Balaban J connectivity index is 2.52. The zero-order valence-electron chi connectivity index (χ0n) is 10.2. The maximum Gasteiger partial charge on any atom is 0.105 e. The zero-order valence-corrected chi connectivity index (χ0v) is 11.0. The van der Waals surface area contributed by atoms with E-state index in [9.17, 15) is 0 Å². The Kier molecular flexibility index (Phi) is 5.98. The molecule has 2 N–H and O–H groups in total. The van der Waals surface area contributed by atoms with Crippen LogP contribution in [-0.4, -0.2) is 25.9 Å². The highest BCUT2D eigenvalue weighted by Crippen LogP contribution is 2.26. The van der Waals surface area contributed by atoms with Crippen LogP contribution in [0.25, 0.3) is 0 Å². The van der Waals surface area contributed by atoms with Crippen molar-refractivity contribution in [2.75, 3.05) is 19.8 Å². The zero-order chi connectivity index (χ0) is 12.0. The van der Waals surface area contributed by atoms with E-state index < -0.39 is 0 Å². The van der Waals surface area contributed by atoms with Gasteiger partial charge in [-0.15, -0.1) is 11.3 Å². The normalized spacial score (nSPS) is 15.0. The van der Waals surface area contributed by atoms with Gasteiger partial charge in [-0.25, -0.2) is 0 Å². The Bertz CT molecular complexity index is 301. The summed E-state index contributed by atoms with van der Waals surface area (Å²) in [6.07, 6.45) is 0.0745. The van der Waals surface area contributed by atoms with Crippen LogP contribution in [0.15, 0.2) is 11.4 Å². The third kappa shape index (κ3) is 3.87. The molecule has 1 aromatic rings. The van der Waals surface area contributed by atoms with Crippen molar-refractivity contribution in [2.45, 2.75) is 33.0 Å². The molecule has 92 valence electrons. The lowest BCUT2D eigenvalue weighted by Crippen LogP contribution is -2.24. The molecule has 1 aromatic heterocycles. The molecule has 3 nitrogen and oxygen atoms in total. The predicted molar refractivity (Wildman–Crippen MR) is 67.9 cm³/mol. The number of ether oxygens (including phenoxy) is 2. The molecule has 2 unspecified atom stereocenters. The van der Waals surface area contributed by atoms with Gasteiger partial charge in [0.25, 0.3) is 0 Å². The minimum Gasteiger partial charge on any atom is -0.379 e. The molecule has 0 bridgehead atoms. The molecule has 1 heterocycles. The van der Waals surface area contributed by atoms with Crippen molar-refractivity contribution in [3.8, 4) is 0 Å². The first-order valence-corrected chi connectivity index (χ1v) is 6.54. The van der Waals surface area contributed by atoms with Crippen molar-refractivity contribution in [2.24, 2.45) is 5.73 Å². The van der Waals surface area contributed by atoms with E-state index in [1.54, 1.807) is 11.3 Å². The fourth-order valence-corrected chi connectivity index (χ4v) is 2.52. The van der Waals surface area contributed by atoms with E-state index in [2.05, 4.69) is 18.4 Å². The summed E-state index contributed by atoms with van der Waals surface area (Å²) in [5, 5.41) is 2.07. The van der Waals surface area contributed by atoms with Gasteiger partial charge in [-0.2, -0.15) is 0 Å². The molecule has 0 aliphatic carbocycles. The van der Waals surface area contributed by atoms with Gasteiger partial charge in [0.2, 0.25) is 0 Å². The van der Waals surface area contributed by atoms with Crippen LogP contribution in [0.1, 0.15) is 30.4 Å². The summed E-state index contributed by atoms with van der Waals surface area (Å²) in [4.78, 5) is 1.23. The Morgan fingerprint density at radius 1 is 1.50 bits per heavy atom. The van der Waals surface area contributed by atoms with E-state index in [1.807, 2.05) is 13.8 Å². The first-order chi connectivity index (χ1) is 7.69. The summed E-state index contributed by atoms with van der Waals surface area (Å²) in [5.41, 5.74) is 7.00. The maximum atomic E-state index is 5.89. The van der Waals surface area contributed by atoms with E-state index in [0.717, 1.165) is 6.61 Å². The molecule has 16 heavy (non-hydrogen) atoms. The van der Waals surface area contributed by atoms with Crippen molar-refractivity contribution in [3.63, 3.8) is 0 Å². The van der Waals surface area contributed by atoms with Crippen LogP contribution < -0.4 is 5.73 Å². The molecule has 0 saturated carbocycles. The highest BCUT2D eigenvalue weighted by Gasteiger charge is 2.17. The SMILES string of the molecule is CCOCC(C)OC(CN)c1sccc1C. The van der Waals surface area contributed by atoms with Crippen molar-refractivity contribution in [1.82, 2.24) is 0 Å². The number of hydrogen-bond donors (Lipinski definition) is 1. The van der Waals surface area contributed by atoms with Gasteiger partial charge in [0.1, 0.15) is 6.10 Å². The minimum absolute atomic E-state index is 0.00421. The summed E-state index contributed by atoms with van der Waals surface area (Å²) in [5.74, 6) is 0. The summed E-state index contributed by atoms with van der Waals surface area (Å²) in [6.45, 7) is 7.94. The van der Waals surface area contributed by atoms with E-state index in [0.29, 0.717) is 13.2 Å². The van der Waals surface area contributed by atoms with E-state index >= 15 is 0 Å². The Hall–Kier alpha value is -0.420. The molecule has 0 saturated heterocycles. The number of nitrogens with two attached hydrogens (primary N) is 1. The van der Waals surface area contributed by atoms with Crippen LogP contribution in [0.2, 0.25) is 0 Å². The van der Waals surface area contributed by atoms with Gasteiger partial charge in [0.05, 0.1) is 12.7 Å². The average molecular weight is 243 g/mol. The molecule has 4 heteroatoms. The van der Waals surface area contributed by atoms with Gasteiger partial charge in [-0.1, -0.05) is 0 Å². The summed E-state index contributed by atoms with van der Waals surface area (Å²) in [7, 11) is 0. The largest absolute Gasteiger partial charge is 0.379 e. The second-order valence-electron chi connectivity index (χ2n) is 3.80. The van der Waals surface area contributed by atoms with Crippen LogP contribution in [-0.2, 0) is 9.47 Å². The third-order valence-corrected chi connectivity index (χ3v) is 3.47. The fourth-order valence-electron chi connectivity index (χ4n) is 1.54. The van der Waals surface area contributed by atoms with Crippen LogP contribution in [0.4, 0.5) is 0 Å². The van der Waals surface area contributed by atoms with E-state index in [-0.39, 0.29) is 12.2 Å². The van der Waals surface area contributed by atoms with Gasteiger partial charge < -0.3 is 15.2 Å². The fraction of sp³-hybridized carbons (Fsp3) is 0.667. The van der Waals surface area contributed by atoms with Gasteiger partial charge in [0, 0.05) is 18.0 Å². The molecule has 0 aliphatic heterocycles. The van der Waals surface area contributed by atoms with Crippen molar-refractivity contribution >= 4 is 11.3 Å². The number of aryl methyl sites for hydroxylation is 1. The average Bonchev–Trinajstić information content (AvgIpc) is 2.69. The van der Waals surface area contributed by atoms with Gasteiger partial charge in [-0.3, -0.25) is 0 Å². The number of rotatable bonds is 7. The monoisotopic (exact) mass is 243 g/mol. The first-order valence-electron chi connectivity index (χ1n) is 5.66. The standard InChI is InChI=1S/C12H21NO2S/c1-4-14-8-10(3)15-11(7-13)12-9(2)5-6-16-12/h5-6,10-11H,4,7-8,13H2,1-3H3. The maximum absolute atomic E-state index is 5.89. The summed E-state index contributed by atoms with van der Waals surface area (Å²) < 4.78 is 11.2. The smallest absolute Gasteiger partial charge is 0.105 e. The van der Waals surface area contributed by atoms with Crippen molar-refractivity contribution in [1.29, 1.82) is 0 Å². The molecule has 1 rings (SSSR count). The Labute approximate surface area is 102 Å². The third-order valence-electron chi connectivity index (χ3n) is 2.36. The van der Waals surface area contributed by atoms with Gasteiger partial charge in [-0.05, 0) is 37.8 Å². The van der Waals surface area contributed by atoms with E-state index in [4.69, 9.17) is 15.2 Å². The Morgan fingerprint density at radius 2 is 2.25 bits per heavy atom. The predicted octanol–water partition coefficient (Wildman–Crippen LogP) is 2.50. The highest BCUT2D eigenvalue weighted by atomic mass is 32.1. The van der Waals surface area contributed by atoms with Crippen molar-refractivity contribution < 1.29 is 9.47 Å². The molecular formula is C12H21NO2S. The quantitative estimate of drug-likeness (QED) is 0.800. The van der Waals surface area contributed by atoms with E-state index in [1.165, 1.54) is 10.4 Å². The molecule has 0 aromatic carbocycles. The number of hydrogen-bond acceptors (Lipinski definition) is 4. The molecule has 0 radical (unpaired) electrons. The Morgan fingerprint density at radius 3 is 2.75 bits per heavy atom.